The second kappa shape index (κ2) is 36.5. The molecule has 0 aliphatic heterocycles. The Bertz CT molecular complexity index is 227. The van der Waals surface area contributed by atoms with Crippen LogP contribution in [0, 0.1) is 0 Å². The van der Waals surface area contributed by atoms with E-state index in [2.05, 4.69) is 0 Å². The average Bonchev–Trinajstić information content (AvgIpc) is 2.34. The Morgan fingerprint density at radius 1 is 0.647 bits per heavy atom. The van der Waals surface area contributed by atoms with Crippen molar-refractivity contribution in [2.45, 2.75) is 13.8 Å². The van der Waals surface area contributed by atoms with Crippen molar-refractivity contribution in [1.82, 2.24) is 0 Å². The molecule has 0 aromatic heterocycles. The van der Waals surface area contributed by atoms with Gasteiger partial charge in [0.2, 0.25) is 0 Å². The maximum Gasteiger partial charge on any atom is 0.142 e. The van der Waals surface area contributed by atoms with Crippen LogP contribution in [-0.2, 0) is 33.9 Å². The quantitative estimate of drug-likeness (QED) is 0.346. The molecule has 96 valence electrons. The Morgan fingerprint density at radius 3 is 1.12 bits per heavy atom. The number of rotatable bonds is 4. The fraction of sp³-hybridized carbons (Fsp3) is 0.154. The molecule has 0 aliphatic carbocycles. The molecular weight excluding hydrogens is 305 g/mol. The van der Waals surface area contributed by atoms with E-state index in [1.165, 1.54) is 12.2 Å². The van der Waals surface area contributed by atoms with Crippen molar-refractivity contribution in [1.29, 1.82) is 0 Å². The first-order chi connectivity index (χ1) is 7.83. The molecule has 3 nitrogen and oxygen atoms in total. The maximum absolute atomic E-state index is 9.56. The molecule has 0 aliphatic rings. The Labute approximate surface area is 116 Å². The monoisotopic (exact) mass is 324 g/mol. The topological polar surface area (TPSA) is 51.2 Å². The molecule has 0 heterocycles. The van der Waals surface area contributed by atoms with Crippen LogP contribution in [0.15, 0.2) is 48.6 Å². The first-order valence-corrected chi connectivity index (χ1v) is 4.58. The van der Waals surface area contributed by atoms with E-state index >= 15 is 0 Å². The molecule has 0 saturated heterocycles. The van der Waals surface area contributed by atoms with Crippen molar-refractivity contribution >= 4 is 19.4 Å². The summed E-state index contributed by atoms with van der Waals surface area (Å²) in [4.78, 5) is 27.1. The summed E-state index contributed by atoms with van der Waals surface area (Å²) in [6.07, 6.45) is 15.1. The molecule has 17 heavy (non-hydrogen) atoms. The summed E-state index contributed by atoms with van der Waals surface area (Å²) in [7, 11) is 0. The molecule has 0 radical (unpaired) electrons. The molecule has 0 bridgehead atoms. The fourth-order valence-corrected chi connectivity index (χ4v) is 0.441. The molecule has 0 unspecified atom stereocenters. The molecular formula is C13H18O3Ru. The first-order valence-electron chi connectivity index (χ1n) is 4.58. The van der Waals surface area contributed by atoms with Crippen LogP contribution < -0.4 is 0 Å². The van der Waals surface area contributed by atoms with E-state index in [-0.39, 0.29) is 19.5 Å². The van der Waals surface area contributed by atoms with Crippen LogP contribution in [0.4, 0.5) is 0 Å². The summed E-state index contributed by atoms with van der Waals surface area (Å²) < 4.78 is 0. The summed E-state index contributed by atoms with van der Waals surface area (Å²) in [5, 5.41) is 0. The number of hydrogen-bond donors (Lipinski definition) is 0. The van der Waals surface area contributed by atoms with Gasteiger partial charge in [-0.3, -0.25) is 9.59 Å². The average molecular weight is 323 g/mol. The van der Waals surface area contributed by atoms with E-state index in [0.29, 0.717) is 0 Å². The Hall–Kier alpha value is -1.41. The van der Waals surface area contributed by atoms with Crippen molar-refractivity contribution < 1.29 is 33.9 Å². The van der Waals surface area contributed by atoms with Crippen LogP contribution >= 0.6 is 0 Å². The molecule has 4 heteroatoms. The van der Waals surface area contributed by atoms with Crippen molar-refractivity contribution in [3.63, 3.8) is 0 Å². The first kappa shape index (κ1) is 24.7. The van der Waals surface area contributed by atoms with E-state index in [4.69, 9.17) is 4.79 Å². The fourth-order valence-electron chi connectivity index (χ4n) is 0.441. The third-order valence-corrected chi connectivity index (χ3v) is 0.986. The van der Waals surface area contributed by atoms with Crippen LogP contribution in [0.3, 0.4) is 0 Å². The number of aldehydes is 2. The van der Waals surface area contributed by atoms with Gasteiger partial charge in [0.15, 0.2) is 0 Å². The third-order valence-electron chi connectivity index (χ3n) is 0.986. The van der Waals surface area contributed by atoms with E-state index < -0.39 is 0 Å². The van der Waals surface area contributed by atoms with E-state index in [9.17, 15) is 9.59 Å². The van der Waals surface area contributed by atoms with E-state index in [0.717, 1.165) is 12.6 Å². The SMILES string of the molecule is C=O.CC=CC=CC=O.CC=CC=CC=O.[Ru]. The van der Waals surface area contributed by atoms with Crippen molar-refractivity contribution in [3.05, 3.63) is 48.6 Å². The third kappa shape index (κ3) is 53.2. The summed E-state index contributed by atoms with van der Waals surface area (Å²) in [6.45, 7) is 5.80. The predicted octanol–water partition coefficient (Wildman–Crippen LogP) is 2.45. The molecule has 0 atom stereocenters. The smallest absolute Gasteiger partial charge is 0.142 e. The predicted molar refractivity (Wildman–Crippen MR) is 67.2 cm³/mol. The van der Waals surface area contributed by atoms with Gasteiger partial charge in [-0.1, -0.05) is 36.5 Å². The second-order valence-electron chi connectivity index (χ2n) is 2.09. The summed E-state index contributed by atoms with van der Waals surface area (Å²) in [5.41, 5.74) is 0. The zero-order chi connectivity index (χ0) is 13.1. The minimum atomic E-state index is 0. The van der Waals surface area contributed by atoms with Gasteiger partial charge >= 0.3 is 0 Å². The van der Waals surface area contributed by atoms with Crippen LogP contribution in [0.2, 0.25) is 0 Å². The normalized spacial score (nSPS) is 9.29. The molecule has 0 rings (SSSR count). The maximum atomic E-state index is 9.56. The molecule has 0 fully saturated rings. The minimum Gasteiger partial charge on any atom is -0.307 e. The van der Waals surface area contributed by atoms with Gasteiger partial charge in [-0.05, 0) is 26.0 Å². The summed E-state index contributed by atoms with van der Waals surface area (Å²) in [6, 6.07) is 0. The van der Waals surface area contributed by atoms with Gasteiger partial charge in [0.05, 0.1) is 0 Å². The van der Waals surface area contributed by atoms with Crippen LogP contribution in [0.1, 0.15) is 13.8 Å². The number of hydrogen-bond acceptors (Lipinski definition) is 3. The van der Waals surface area contributed by atoms with Crippen LogP contribution in [-0.4, -0.2) is 19.4 Å². The van der Waals surface area contributed by atoms with Gasteiger partial charge in [0.1, 0.15) is 19.4 Å². The summed E-state index contributed by atoms with van der Waals surface area (Å²) in [5.74, 6) is 0. The van der Waals surface area contributed by atoms with Crippen LogP contribution in [0.5, 0.6) is 0 Å². The standard InChI is InChI=1S/2C6H8O.CH2O.Ru/c2*1-2-3-4-5-6-7;1-2;/h2*2-6H,1H3;1H2;. The van der Waals surface area contributed by atoms with Crippen molar-refractivity contribution in [2.75, 3.05) is 0 Å². The molecule has 0 aromatic rings. The second-order valence-corrected chi connectivity index (χ2v) is 2.09. The molecule has 0 spiro atoms. The number of carbonyl (C=O) groups excluding carboxylic acids is 3. The number of allylic oxidation sites excluding steroid dienone is 8. The summed E-state index contributed by atoms with van der Waals surface area (Å²) >= 11 is 0. The van der Waals surface area contributed by atoms with Gasteiger partial charge in [0, 0.05) is 19.5 Å². The molecule has 0 aromatic carbocycles. The largest absolute Gasteiger partial charge is 0.307 e. The van der Waals surface area contributed by atoms with Gasteiger partial charge in [0.25, 0.3) is 0 Å². The van der Waals surface area contributed by atoms with Crippen molar-refractivity contribution in [2.24, 2.45) is 0 Å². The van der Waals surface area contributed by atoms with Gasteiger partial charge in [-0.15, -0.1) is 0 Å². The molecule has 0 N–H and O–H groups in total. The zero-order valence-electron chi connectivity index (χ0n) is 10.1. The number of carbonyl (C=O) groups is 3. The van der Waals surface area contributed by atoms with Gasteiger partial charge in [-0.2, -0.15) is 0 Å². The molecule has 0 amide bonds. The Balaban J connectivity index is -0.0000000823. The Kier molecular flexibility index (Phi) is 53.1. The zero-order valence-corrected chi connectivity index (χ0v) is 11.8. The minimum absolute atomic E-state index is 0. The Morgan fingerprint density at radius 2 is 0.941 bits per heavy atom. The van der Waals surface area contributed by atoms with Gasteiger partial charge in [-0.25, -0.2) is 0 Å². The van der Waals surface area contributed by atoms with Gasteiger partial charge < -0.3 is 4.79 Å². The van der Waals surface area contributed by atoms with Crippen LogP contribution in [0.25, 0.3) is 0 Å². The van der Waals surface area contributed by atoms with E-state index in [1.54, 1.807) is 24.3 Å². The van der Waals surface area contributed by atoms with Crippen molar-refractivity contribution in [3.8, 4) is 0 Å². The van der Waals surface area contributed by atoms with E-state index in [1.807, 2.05) is 32.8 Å². The molecule has 0 saturated carbocycles.